The summed E-state index contributed by atoms with van der Waals surface area (Å²) in [5, 5.41) is 21.6. The Morgan fingerprint density at radius 2 is 1.33 bits per heavy atom. The predicted molar refractivity (Wildman–Crippen MR) is 196 cm³/mol. The van der Waals surface area contributed by atoms with Crippen molar-refractivity contribution in [3.05, 3.63) is 22.2 Å². The molecule has 0 saturated heterocycles. The summed E-state index contributed by atoms with van der Waals surface area (Å²) in [7, 11) is -3.57. The van der Waals surface area contributed by atoms with E-state index in [4.69, 9.17) is 18.5 Å². The molecule has 0 amide bonds. The molecule has 49 heavy (non-hydrogen) atoms. The molecular formula is C33H56N10O4S2. The minimum atomic E-state index is -3.57. The molecular weight excluding hydrogens is 665 g/mol. The zero-order chi connectivity index (χ0) is 36.2. The quantitative estimate of drug-likeness (QED) is 0.106. The maximum Gasteiger partial charge on any atom is 0.335 e. The number of rotatable bonds is 18. The van der Waals surface area contributed by atoms with Crippen LogP contribution in [0.1, 0.15) is 149 Å². The molecule has 4 rings (SSSR count). The first kappa shape index (κ1) is 40.0. The van der Waals surface area contributed by atoms with Crippen molar-refractivity contribution in [3.8, 4) is 0 Å². The minimum absolute atomic E-state index is 0.0483. The monoisotopic (exact) mass is 720 g/mol. The van der Waals surface area contributed by atoms with E-state index in [9.17, 15) is 8.42 Å². The molecule has 16 heteroatoms. The molecule has 14 nitrogen and oxygen atoms in total. The highest BCUT2D eigenvalue weighted by molar-refractivity contribution is 7.92. The topological polar surface area (TPSA) is 181 Å². The first-order valence-electron chi connectivity index (χ1n) is 17.6. The first-order chi connectivity index (χ1) is 23.1. The summed E-state index contributed by atoms with van der Waals surface area (Å²) in [4.78, 5) is 9.51. The fraction of sp³-hybridized carbons (Fsp3) is 0.727. The number of aromatic nitrogens is 8. The van der Waals surface area contributed by atoms with Crippen molar-refractivity contribution in [2.24, 2.45) is 0 Å². The van der Waals surface area contributed by atoms with Crippen LogP contribution in [0, 0.1) is 0 Å². The van der Waals surface area contributed by atoms with Gasteiger partial charge in [-0.15, -0.1) is 14.8 Å². The lowest BCUT2D eigenvalue weighted by Gasteiger charge is -2.18. The van der Waals surface area contributed by atoms with E-state index < -0.39 is 21.6 Å². The van der Waals surface area contributed by atoms with Crippen LogP contribution in [0.4, 0.5) is 11.9 Å². The van der Waals surface area contributed by atoms with E-state index in [1.165, 1.54) is 38.5 Å². The Bertz CT molecular complexity index is 1830. The summed E-state index contributed by atoms with van der Waals surface area (Å²) in [6, 6.07) is 0. The maximum atomic E-state index is 12.9. The van der Waals surface area contributed by atoms with Crippen molar-refractivity contribution in [1.29, 1.82) is 0 Å². The Balaban J connectivity index is 0.00000209. The van der Waals surface area contributed by atoms with Gasteiger partial charge >= 0.3 is 11.6 Å². The highest BCUT2D eigenvalue weighted by Crippen LogP contribution is 2.29. The molecule has 0 aliphatic heterocycles. The average Bonchev–Trinajstić information content (AvgIpc) is 3.75. The summed E-state index contributed by atoms with van der Waals surface area (Å²) in [5.41, 5.74) is 3.23. The van der Waals surface area contributed by atoms with E-state index in [1.54, 1.807) is 9.26 Å². The third-order valence-electron chi connectivity index (χ3n) is 8.19. The smallest absolute Gasteiger partial charge is 0.335 e. The van der Waals surface area contributed by atoms with Crippen LogP contribution in [-0.2, 0) is 32.4 Å². The Hall–Kier alpha value is -3.40. The van der Waals surface area contributed by atoms with Crippen molar-refractivity contribution < 1.29 is 16.8 Å². The number of H-pyrrole nitrogens is 1. The molecule has 4 heterocycles. The Morgan fingerprint density at radius 1 is 0.755 bits per heavy atom. The van der Waals surface area contributed by atoms with Crippen molar-refractivity contribution in [3.63, 3.8) is 0 Å². The lowest BCUT2D eigenvalue weighted by atomic mass is 9.88. The molecule has 0 aliphatic rings. The third-order valence-corrected chi connectivity index (χ3v) is 9.51. The number of nitrogens with one attached hydrogen (secondary N) is 3. The number of unbranched alkanes of at least 4 members (excludes halogenated alkanes) is 10. The lowest BCUT2D eigenvalue weighted by molar-refractivity contribution is 0.553. The van der Waals surface area contributed by atoms with Gasteiger partial charge in [0.1, 0.15) is 0 Å². The van der Waals surface area contributed by atoms with Gasteiger partial charge in [-0.05, 0) is 18.9 Å². The number of aromatic amines is 1. The number of anilines is 2. The standard InChI is InChI=1S/C33H56N10O2S.O2S/c1-9-11-13-15-17-19-21-34-30-35-28-24(26(32(3,4)5)37-42(28)39-30)23-25-27(33(6,7)8)38-43-29(25)36-31(40-43)41-46(44,45)22-20-18-16-14-12-10-2;1-3-2/h23,38H,9-22H2,1-8H3,(H,34,39)(H,40,41);. The van der Waals surface area contributed by atoms with Crippen LogP contribution >= 0.6 is 0 Å². The molecule has 0 radical (unpaired) electrons. The summed E-state index contributed by atoms with van der Waals surface area (Å²) in [6.07, 6.45) is 15.4. The van der Waals surface area contributed by atoms with Crippen molar-refractivity contribution in [2.45, 2.75) is 143 Å². The molecule has 0 atom stereocenters. The largest absolute Gasteiger partial charge is 0.353 e. The molecule has 0 aliphatic carbocycles. The van der Waals surface area contributed by atoms with Crippen LogP contribution in [0.3, 0.4) is 0 Å². The summed E-state index contributed by atoms with van der Waals surface area (Å²) < 4.78 is 48.1. The summed E-state index contributed by atoms with van der Waals surface area (Å²) in [5.74, 6) is 0.663. The second-order valence-electron chi connectivity index (χ2n) is 14.7. The average molecular weight is 721 g/mol. The van der Waals surface area contributed by atoms with Crippen LogP contribution < -0.4 is 15.3 Å². The molecule has 0 aromatic carbocycles. The number of fused-ring (bicyclic) bond motifs is 2. The fourth-order valence-corrected chi connectivity index (χ4v) is 6.72. The second-order valence-corrected chi connectivity index (χ2v) is 16.7. The first-order valence-corrected chi connectivity index (χ1v) is 19.9. The van der Waals surface area contributed by atoms with E-state index >= 15 is 0 Å². The molecule has 0 unspecified atom stereocenters. The molecule has 0 fully saturated rings. The fourth-order valence-electron chi connectivity index (χ4n) is 5.66. The normalized spacial score (nSPS) is 12.9. The molecule has 0 bridgehead atoms. The lowest BCUT2D eigenvalue weighted by Crippen LogP contribution is -2.23. The van der Waals surface area contributed by atoms with Gasteiger partial charge in [-0.25, -0.2) is 13.1 Å². The third kappa shape index (κ3) is 11.6. The van der Waals surface area contributed by atoms with E-state index in [0.717, 1.165) is 60.8 Å². The summed E-state index contributed by atoms with van der Waals surface area (Å²) >= 11 is -0.750. The van der Waals surface area contributed by atoms with Gasteiger partial charge in [0.15, 0.2) is 11.3 Å². The zero-order valence-corrected chi connectivity index (χ0v) is 32.2. The van der Waals surface area contributed by atoms with Gasteiger partial charge < -0.3 is 5.32 Å². The molecule has 4 aromatic heterocycles. The number of sulfonamides is 1. The summed E-state index contributed by atoms with van der Waals surface area (Å²) in [6.45, 7) is 17.9. The molecule has 4 aromatic rings. The van der Waals surface area contributed by atoms with Gasteiger partial charge in [0.25, 0.3) is 5.95 Å². The van der Waals surface area contributed by atoms with Crippen molar-refractivity contribution in [1.82, 2.24) is 39.6 Å². The maximum absolute atomic E-state index is 12.9. The van der Waals surface area contributed by atoms with Crippen molar-refractivity contribution in [2.75, 3.05) is 22.3 Å². The van der Waals surface area contributed by atoms with Crippen LogP contribution in [0.2, 0.25) is 0 Å². The van der Waals surface area contributed by atoms with Crippen LogP contribution in [0.15, 0.2) is 0 Å². The molecule has 0 saturated carbocycles. The number of hydrogen-bond donors (Lipinski definition) is 3. The highest BCUT2D eigenvalue weighted by Gasteiger charge is 2.28. The van der Waals surface area contributed by atoms with Crippen LogP contribution in [0.5, 0.6) is 0 Å². The highest BCUT2D eigenvalue weighted by atomic mass is 32.2. The van der Waals surface area contributed by atoms with Crippen LogP contribution in [0.25, 0.3) is 17.4 Å². The van der Waals surface area contributed by atoms with Crippen molar-refractivity contribution >= 4 is 50.9 Å². The van der Waals surface area contributed by atoms with Gasteiger partial charge in [-0.2, -0.15) is 28.1 Å². The van der Waals surface area contributed by atoms with Gasteiger partial charge in [-0.1, -0.05) is 120 Å². The van der Waals surface area contributed by atoms with Gasteiger partial charge in [0.05, 0.1) is 17.1 Å². The molecule has 0 spiro atoms. The van der Waals surface area contributed by atoms with E-state index in [0.29, 0.717) is 23.7 Å². The Kier molecular flexibility index (Phi) is 14.7. The van der Waals surface area contributed by atoms with E-state index in [2.05, 4.69) is 85.7 Å². The second kappa shape index (κ2) is 18.0. The van der Waals surface area contributed by atoms with Gasteiger partial charge in [-0.3, -0.25) is 5.10 Å². The van der Waals surface area contributed by atoms with Gasteiger partial charge in [0, 0.05) is 28.2 Å². The Morgan fingerprint density at radius 3 is 1.92 bits per heavy atom. The molecule has 3 N–H and O–H groups in total. The number of hydrogen-bond acceptors (Lipinski definition) is 10. The molecule has 274 valence electrons. The number of nitrogens with zero attached hydrogens (tertiary/aromatic N) is 7. The SMILES string of the molecule is CCCCCCCCNc1nc2c(=Cc3c(C(C)(C)C)[nH]n4nc(NS(=O)(=O)CCCCCCCC)nc34)c(C(C)(C)C)nn2n1.O=S=O. The van der Waals surface area contributed by atoms with Crippen LogP contribution in [-0.4, -0.2) is 68.8 Å². The minimum Gasteiger partial charge on any atom is -0.353 e. The Labute approximate surface area is 294 Å². The van der Waals surface area contributed by atoms with E-state index in [-0.39, 0.29) is 22.5 Å². The zero-order valence-electron chi connectivity index (χ0n) is 30.6. The van der Waals surface area contributed by atoms with E-state index in [1.807, 2.05) is 6.08 Å². The predicted octanol–water partition coefficient (Wildman–Crippen LogP) is 5.84. The van der Waals surface area contributed by atoms with Gasteiger partial charge in [0.2, 0.25) is 16.0 Å².